The highest BCUT2D eigenvalue weighted by atomic mass is 16.3. The lowest BCUT2D eigenvalue weighted by Crippen LogP contribution is -2.37. The van der Waals surface area contributed by atoms with Gasteiger partial charge in [0, 0.05) is 38.0 Å². The van der Waals surface area contributed by atoms with E-state index in [-0.39, 0.29) is 6.61 Å². The van der Waals surface area contributed by atoms with Crippen LogP contribution < -0.4 is 10.2 Å². The Morgan fingerprint density at radius 2 is 2.14 bits per heavy atom. The molecule has 5 rings (SSSR count). The zero-order valence-corrected chi connectivity index (χ0v) is 16.2. The number of anilines is 2. The van der Waals surface area contributed by atoms with Gasteiger partial charge in [-0.25, -0.2) is 15.0 Å². The lowest BCUT2D eigenvalue weighted by molar-refractivity contribution is 0.208. The molecule has 0 amide bonds. The second kappa shape index (κ2) is 7.67. The summed E-state index contributed by atoms with van der Waals surface area (Å²) >= 11 is 0. The Morgan fingerprint density at radius 1 is 1.17 bits per heavy atom. The molecule has 3 N–H and O–H groups in total. The van der Waals surface area contributed by atoms with Crippen LogP contribution in [0.1, 0.15) is 18.4 Å². The van der Waals surface area contributed by atoms with Gasteiger partial charge in [0.1, 0.15) is 17.2 Å². The van der Waals surface area contributed by atoms with Crippen LogP contribution in [0.15, 0.2) is 48.8 Å². The first-order valence-electron chi connectivity index (χ1n) is 10.1. The monoisotopic (exact) mass is 388 g/mol. The smallest absolute Gasteiger partial charge is 0.182 e. The Labute approximate surface area is 168 Å². The van der Waals surface area contributed by atoms with Gasteiger partial charge in [-0.2, -0.15) is 0 Å². The Balaban J connectivity index is 1.34. The fourth-order valence-electron chi connectivity index (χ4n) is 3.97. The van der Waals surface area contributed by atoms with Crippen LogP contribution in [0.3, 0.4) is 0 Å². The summed E-state index contributed by atoms with van der Waals surface area (Å²) in [5, 5.41) is 14.0. The fraction of sp³-hybridized carbons (Fsp3) is 0.318. The molecular formula is C22H24N6O. The van der Waals surface area contributed by atoms with Crippen molar-refractivity contribution >= 4 is 33.7 Å². The first kappa shape index (κ1) is 17.9. The molecule has 1 saturated heterocycles. The van der Waals surface area contributed by atoms with Crippen LogP contribution in [0.2, 0.25) is 0 Å². The van der Waals surface area contributed by atoms with Crippen molar-refractivity contribution in [1.82, 2.24) is 19.9 Å². The third-order valence-electron chi connectivity index (χ3n) is 5.59. The molecular weight excluding hydrogens is 364 g/mol. The van der Waals surface area contributed by atoms with Crippen LogP contribution in [0, 0.1) is 5.92 Å². The Kier molecular flexibility index (Phi) is 4.73. The second-order valence-electron chi connectivity index (χ2n) is 7.66. The van der Waals surface area contributed by atoms with Gasteiger partial charge < -0.3 is 20.3 Å². The SMILES string of the molecule is OC[C@@H]1CCCN(c2ccc3ncc(NCc4ccc5cc[nH]c5c4)nc3n2)C1. The van der Waals surface area contributed by atoms with E-state index in [4.69, 9.17) is 4.98 Å². The number of nitrogens with one attached hydrogen (secondary N) is 2. The maximum Gasteiger partial charge on any atom is 0.182 e. The van der Waals surface area contributed by atoms with Gasteiger partial charge in [0.05, 0.1) is 6.20 Å². The predicted octanol–water partition coefficient (Wildman–Crippen LogP) is 3.33. The lowest BCUT2D eigenvalue weighted by Gasteiger charge is -2.32. The molecule has 29 heavy (non-hydrogen) atoms. The highest BCUT2D eigenvalue weighted by molar-refractivity contribution is 5.80. The summed E-state index contributed by atoms with van der Waals surface area (Å²) < 4.78 is 0. The van der Waals surface area contributed by atoms with E-state index >= 15 is 0 Å². The molecule has 1 aromatic carbocycles. The van der Waals surface area contributed by atoms with Crippen LogP contribution in [-0.4, -0.2) is 44.7 Å². The van der Waals surface area contributed by atoms with E-state index in [1.165, 1.54) is 10.9 Å². The number of piperidine rings is 1. The number of pyridine rings is 1. The normalized spacial score (nSPS) is 17.1. The van der Waals surface area contributed by atoms with Crippen molar-refractivity contribution in [2.24, 2.45) is 5.92 Å². The standard InChI is InChI=1S/C22H24N6O/c29-14-16-2-1-9-28(13-16)21-6-5-18-22(27-21)26-20(12-24-18)25-11-15-3-4-17-7-8-23-19(17)10-15/h3-8,10,12,16,23,29H,1-2,9,11,13-14H2,(H,25,26,27)/t16-/m1/s1. The summed E-state index contributed by atoms with van der Waals surface area (Å²) in [5.41, 5.74) is 3.72. The quantitative estimate of drug-likeness (QED) is 0.486. The van der Waals surface area contributed by atoms with Crippen LogP contribution >= 0.6 is 0 Å². The number of nitrogens with zero attached hydrogens (tertiary/aromatic N) is 4. The first-order valence-corrected chi connectivity index (χ1v) is 10.1. The molecule has 0 saturated carbocycles. The molecule has 0 spiro atoms. The van der Waals surface area contributed by atoms with Gasteiger partial charge in [0.15, 0.2) is 5.65 Å². The van der Waals surface area contributed by atoms with Crippen molar-refractivity contribution in [2.45, 2.75) is 19.4 Å². The Hall–Kier alpha value is -3.19. The molecule has 0 bridgehead atoms. The summed E-state index contributed by atoms with van der Waals surface area (Å²) in [4.78, 5) is 19.4. The summed E-state index contributed by atoms with van der Waals surface area (Å²) in [7, 11) is 0. The van der Waals surface area contributed by atoms with Gasteiger partial charge in [-0.15, -0.1) is 0 Å². The minimum atomic E-state index is 0.228. The molecule has 1 aliphatic heterocycles. The Bertz CT molecular complexity index is 1140. The van der Waals surface area contributed by atoms with Crippen molar-refractivity contribution in [3.8, 4) is 0 Å². The van der Waals surface area contributed by atoms with Crippen LogP contribution in [-0.2, 0) is 6.54 Å². The highest BCUT2D eigenvalue weighted by Crippen LogP contribution is 2.23. The van der Waals surface area contributed by atoms with E-state index < -0.39 is 0 Å². The molecule has 148 valence electrons. The van der Waals surface area contributed by atoms with Crippen LogP contribution in [0.5, 0.6) is 0 Å². The minimum Gasteiger partial charge on any atom is -0.396 e. The second-order valence-corrected chi connectivity index (χ2v) is 7.66. The van der Waals surface area contributed by atoms with Gasteiger partial charge in [0.2, 0.25) is 0 Å². The summed E-state index contributed by atoms with van der Waals surface area (Å²) in [5.74, 6) is 1.93. The average molecular weight is 388 g/mol. The van der Waals surface area contributed by atoms with Crippen molar-refractivity contribution in [3.63, 3.8) is 0 Å². The van der Waals surface area contributed by atoms with Gasteiger partial charge in [-0.3, -0.25) is 0 Å². The van der Waals surface area contributed by atoms with E-state index in [9.17, 15) is 5.11 Å². The number of hydrogen-bond acceptors (Lipinski definition) is 6. The molecule has 1 atom stereocenters. The van der Waals surface area contributed by atoms with Crippen molar-refractivity contribution in [3.05, 3.63) is 54.4 Å². The Morgan fingerprint density at radius 3 is 3.07 bits per heavy atom. The number of aromatic nitrogens is 4. The highest BCUT2D eigenvalue weighted by Gasteiger charge is 2.20. The number of aromatic amines is 1. The molecule has 3 aromatic heterocycles. The van der Waals surface area contributed by atoms with Crippen molar-refractivity contribution < 1.29 is 5.11 Å². The molecule has 0 radical (unpaired) electrons. The molecule has 7 nitrogen and oxygen atoms in total. The van der Waals surface area contributed by atoms with E-state index in [1.54, 1.807) is 6.20 Å². The molecule has 1 aliphatic rings. The third-order valence-corrected chi connectivity index (χ3v) is 5.59. The number of rotatable bonds is 5. The van der Waals surface area contributed by atoms with Crippen molar-refractivity contribution in [2.75, 3.05) is 29.9 Å². The van der Waals surface area contributed by atoms with Crippen LogP contribution in [0.25, 0.3) is 22.1 Å². The lowest BCUT2D eigenvalue weighted by atomic mass is 9.99. The summed E-state index contributed by atoms with van der Waals surface area (Å²) in [6.45, 7) is 2.69. The largest absolute Gasteiger partial charge is 0.396 e. The maximum atomic E-state index is 9.48. The first-order chi connectivity index (χ1) is 14.3. The number of aliphatic hydroxyl groups excluding tert-OH is 1. The van der Waals surface area contributed by atoms with Crippen LogP contribution in [0.4, 0.5) is 11.6 Å². The zero-order chi connectivity index (χ0) is 19.6. The molecule has 1 fully saturated rings. The van der Waals surface area contributed by atoms with E-state index in [0.29, 0.717) is 23.9 Å². The zero-order valence-electron chi connectivity index (χ0n) is 16.2. The summed E-state index contributed by atoms with van der Waals surface area (Å²) in [6.07, 6.45) is 5.84. The summed E-state index contributed by atoms with van der Waals surface area (Å²) in [6, 6.07) is 12.4. The topological polar surface area (TPSA) is 90.0 Å². The third kappa shape index (κ3) is 3.73. The van der Waals surface area contributed by atoms with Crippen molar-refractivity contribution in [1.29, 1.82) is 0 Å². The van der Waals surface area contributed by atoms with E-state index in [0.717, 1.165) is 42.8 Å². The predicted molar refractivity (Wildman–Crippen MR) is 115 cm³/mol. The fourth-order valence-corrected chi connectivity index (χ4v) is 3.97. The number of aliphatic hydroxyl groups is 1. The minimum absolute atomic E-state index is 0.228. The number of H-pyrrole nitrogens is 1. The van der Waals surface area contributed by atoms with Gasteiger partial charge in [-0.05, 0) is 54.0 Å². The van der Waals surface area contributed by atoms with Gasteiger partial charge in [0.25, 0.3) is 0 Å². The molecule has 4 heterocycles. The number of fused-ring (bicyclic) bond motifs is 2. The molecule has 0 aliphatic carbocycles. The molecule has 7 heteroatoms. The molecule has 0 unspecified atom stereocenters. The van der Waals surface area contributed by atoms with E-state index in [2.05, 4.69) is 49.4 Å². The maximum absolute atomic E-state index is 9.48. The number of hydrogen-bond donors (Lipinski definition) is 3. The van der Waals surface area contributed by atoms with Gasteiger partial charge in [-0.1, -0.05) is 12.1 Å². The number of benzene rings is 1. The van der Waals surface area contributed by atoms with E-state index in [1.807, 2.05) is 18.3 Å². The van der Waals surface area contributed by atoms with Gasteiger partial charge >= 0.3 is 0 Å². The average Bonchev–Trinajstić information content (AvgIpc) is 3.25. The molecule has 4 aromatic rings.